The van der Waals surface area contributed by atoms with Gasteiger partial charge in [0.1, 0.15) is 29.0 Å². The number of esters is 1. The highest BCUT2D eigenvalue weighted by atomic mass is 19.1. The summed E-state index contributed by atoms with van der Waals surface area (Å²) >= 11 is 0. The molecule has 0 saturated carbocycles. The summed E-state index contributed by atoms with van der Waals surface area (Å²) in [7, 11) is 0. The first-order chi connectivity index (χ1) is 11.5. The van der Waals surface area contributed by atoms with Crippen LogP contribution in [-0.4, -0.2) is 5.97 Å². The van der Waals surface area contributed by atoms with Crippen LogP contribution in [0.25, 0.3) is 0 Å². The molecule has 2 aromatic rings. The van der Waals surface area contributed by atoms with Gasteiger partial charge in [-0.15, -0.1) is 0 Å². The number of halogens is 2. The second-order valence-corrected chi connectivity index (χ2v) is 5.07. The molecule has 0 aliphatic rings. The molecule has 0 bridgehead atoms. The Morgan fingerprint density at radius 3 is 2.38 bits per heavy atom. The molecule has 3 nitrogen and oxygen atoms in total. The SMILES string of the molecule is C/C=C\CCc1ccc(C(=O)Oc2cc(F)c(C#N)c(F)c2)cc1. The van der Waals surface area contributed by atoms with Gasteiger partial charge in [0, 0.05) is 12.1 Å². The first-order valence-electron chi connectivity index (χ1n) is 7.36. The smallest absolute Gasteiger partial charge is 0.343 e. The molecule has 0 aliphatic heterocycles. The van der Waals surface area contributed by atoms with Crippen LogP contribution in [0.4, 0.5) is 8.78 Å². The number of carbonyl (C=O) groups excluding carboxylic acids is 1. The van der Waals surface area contributed by atoms with Crippen molar-refractivity contribution >= 4 is 5.97 Å². The van der Waals surface area contributed by atoms with Crippen molar-refractivity contribution in [1.29, 1.82) is 5.26 Å². The fraction of sp³-hybridized carbons (Fsp3) is 0.158. The molecule has 2 aromatic carbocycles. The van der Waals surface area contributed by atoms with Gasteiger partial charge in [0.15, 0.2) is 0 Å². The number of hydrogen-bond acceptors (Lipinski definition) is 3. The summed E-state index contributed by atoms with van der Waals surface area (Å²) in [4.78, 5) is 12.0. The number of hydrogen-bond donors (Lipinski definition) is 0. The molecule has 0 fully saturated rings. The van der Waals surface area contributed by atoms with Gasteiger partial charge in [-0.1, -0.05) is 24.3 Å². The molecular weight excluding hydrogens is 312 g/mol. The van der Waals surface area contributed by atoms with Crippen LogP contribution < -0.4 is 4.74 Å². The summed E-state index contributed by atoms with van der Waals surface area (Å²) in [6, 6.07) is 9.84. The molecule has 0 spiro atoms. The highest BCUT2D eigenvalue weighted by molar-refractivity contribution is 5.91. The lowest BCUT2D eigenvalue weighted by molar-refractivity contribution is 0.0734. The molecule has 0 saturated heterocycles. The molecule has 0 heterocycles. The minimum atomic E-state index is -1.07. The van der Waals surface area contributed by atoms with E-state index in [4.69, 9.17) is 10.00 Å². The number of nitrogens with zero attached hydrogens (tertiary/aromatic N) is 1. The van der Waals surface area contributed by atoms with E-state index in [1.54, 1.807) is 24.3 Å². The molecule has 2 rings (SSSR count). The maximum Gasteiger partial charge on any atom is 0.343 e. The van der Waals surface area contributed by atoms with Crippen LogP contribution in [0.5, 0.6) is 5.75 Å². The molecule has 0 unspecified atom stereocenters. The minimum Gasteiger partial charge on any atom is -0.423 e. The fourth-order valence-corrected chi connectivity index (χ4v) is 2.11. The lowest BCUT2D eigenvalue weighted by Gasteiger charge is -2.06. The van der Waals surface area contributed by atoms with Crippen molar-refractivity contribution < 1.29 is 18.3 Å². The third kappa shape index (κ3) is 4.26. The third-order valence-electron chi connectivity index (χ3n) is 3.36. The third-order valence-corrected chi connectivity index (χ3v) is 3.36. The summed E-state index contributed by atoms with van der Waals surface area (Å²) in [5.74, 6) is -3.15. The monoisotopic (exact) mass is 327 g/mol. The number of carbonyl (C=O) groups is 1. The largest absolute Gasteiger partial charge is 0.423 e. The van der Waals surface area contributed by atoms with E-state index in [-0.39, 0.29) is 11.3 Å². The van der Waals surface area contributed by atoms with Gasteiger partial charge in [-0.05, 0) is 37.5 Å². The standard InChI is InChI=1S/C19H15F2NO2/c1-2-3-4-5-13-6-8-14(9-7-13)19(23)24-15-10-17(20)16(12-22)18(21)11-15/h2-3,6-11H,4-5H2,1H3/b3-2-. The Morgan fingerprint density at radius 1 is 1.21 bits per heavy atom. The van der Waals surface area contributed by atoms with Crippen molar-refractivity contribution in [3.05, 3.63) is 76.9 Å². The van der Waals surface area contributed by atoms with E-state index in [0.29, 0.717) is 0 Å². The second kappa shape index (κ2) is 8.02. The summed E-state index contributed by atoms with van der Waals surface area (Å²) in [5, 5.41) is 8.61. The highest BCUT2D eigenvalue weighted by Crippen LogP contribution is 2.21. The predicted molar refractivity (Wildman–Crippen MR) is 85.6 cm³/mol. The van der Waals surface area contributed by atoms with Gasteiger partial charge in [-0.2, -0.15) is 5.26 Å². The number of aryl methyl sites for hydroxylation is 1. The number of rotatable bonds is 5. The molecule has 0 aliphatic carbocycles. The molecule has 0 amide bonds. The molecule has 0 atom stereocenters. The van der Waals surface area contributed by atoms with Gasteiger partial charge in [0.25, 0.3) is 0 Å². The van der Waals surface area contributed by atoms with Gasteiger partial charge in [-0.3, -0.25) is 0 Å². The fourth-order valence-electron chi connectivity index (χ4n) is 2.11. The average Bonchev–Trinajstić information content (AvgIpc) is 2.55. The summed E-state index contributed by atoms with van der Waals surface area (Å²) in [6.07, 6.45) is 5.79. The number of allylic oxidation sites excluding steroid dienone is 2. The van der Waals surface area contributed by atoms with Crippen LogP contribution >= 0.6 is 0 Å². The molecule has 0 aromatic heterocycles. The van der Waals surface area contributed by atoms with E-state index in [1.165, 1.54) is 6.07 Å². The highest BCUT2D eigenvalue weighted by Gasteiger charge is 2.14. The molecule has 0 N–H and O–H groups in total. The van der Waals surface area contributed by atoms with Crippen LogP contribution in [0, 0.1) is 23.0 Å². The van der Waals surface area contributed by atoms with Crippen molar-refractivity contribution in [3.8, 4) is 11.8 Å². The lowest BCUT2D eigenvalue weighted by atomic mass is 10.1. The Morgan fingerprint density at radius 2 is 1.83 bits per heavy atom. The van der Waals surface area contributed by atoms with Crippen LogP contribution in [0.1, 0.15) is 34.8 Å². The van der Waals surface area contributed by atoms with E-state index >= 15 is 0 Å². The van der Waals surface area contributed by atoms with E-state index in [2.05, 4.69) is 6.08 Å². The van der Waals surface area contributed by atoms with E-state index in [9.17, 15) is 13.6 Å². The maximum absolute atomic E-state index is 13.5. The quantitative estimate of drug-likeness (QED) is 0.459. The summed E-state index contributed by atoms with van der Waals surface area (Å²) in [6.45, 7) is 1.95. The second-order valence-electron chi connectivity index (χ2n) is 5.07. The van der Waals surface area contributed by atoms with Crippen LogP contribution in [0.2, 0.25) is 0 Å². The Balaban J connectivity index is 2.09. The van der Waals surface area contributed by atoms with E-state index < -0.39 is 23.2 Å². The van der Waals surface area contributed by atoms with Crippen molar-refractivity contribution in [1.82, 2.24) is 0 Å². The average molecular weight is 327 g/mol. The van der Waals surface area contributed by atoms with Crippen molar-refractivity contribution in [3.63, 3.8) is 0 Å². The predicted octanol–water partition coefficient (Wildman–Crippen LogP) is 4.56. The number of ether oxygens (including phenoxy) is 1. The zero-order valence-corrected chi connectivity index (χ0v) is 13.1. The first kappa shape index (κ1) is 17.4. The molecule has 5 heteroatoms. The Hall–Kier alpha value is -3.00. The summed E-state index contributed by atoms with van der Waals surface area (Å²) < 4.78 is 32.0. The van der Waals surface area contributed by atoms with Gasteiger partial charge >= 0.3 is 5.97 Å². The molecular formula is C19H15F2NO2. The first-order valence-corrected chi connectivity index (χ1v) is 7.36. The topological polar surface area (TPSA) is 50.1 Å². The Labute approximate surface area is 138 Å². The molecule has 122 valence electrons. The zero-order chi connectivity index (χ0) is 17.5. The van der Waals surface area contributed by atoms with E-state index in [1.807, 2.05) is 13.0 Å². The van der Waals surface area contributed by atoms with Gasteiger partial charge in [-0.25, -0.2) is 13.6 Å². The Kier molecular flexibility index (Phi) is 5.80. The van der Waals surface area contributed by atoms with Crippen molar-refractivity contribution in [2.75, 3.05) is 0 Å². The van der Waals surface area contributed by atoms with Crippen LogP contribution in [0.15, 0.2) is 48.6 Å². The van der Waals surface area contributed by atoms with E-state index in [0.717, 1.165) is 30.5 Å². The van der Waals surface area contributed by atoms with Gasteiger partial charge in [0.05, 0.1) is 5.56 Å². The maximum atomic E-state index is 13.5. The lowest BCUT2D eigenvalue weighted by Crippen LogP contribution is -2.09. The summed E-state index contributed by atoms with van der Waals surface area (Å²) in [5.41, 5.74) is 0.635. The zero-order valence-electron chi connectivity index (χ0n) is 13.1. The van der Waals surface area contributed by atoms with Crippen molar-refractivity contribution in [2.45, 2.75) is 19.8 Å². The van der Waals surface area contributed by atoms with Gasteiger partial charge < -0.3 is 4.74 Å². The Bertz CT molecular complexity index is 782. The van der Waals surface area contributed by atoms with Crippen molar-refractivity contribution in [2.24, 2.45) is 0 Å². The van der Waals surface area contributed by atoms with Gasteiger partial charge in [0.2, 0.25) is 0 Å². The van der Waals surface area contributed by atoms with Crippen LogP contribution in [0.3, 0.4) is 0 Å². The molecule has 24 heavy (non-hydrogen) atoms. The normalized spacial score (nSPS) is 10.6. The number of nitriles is 1. The number of benzene rings is 2. The van der Waals surface area contributed by atoms with Crippen LogP contribution in [-0.2, 0) is 6.42 Å². The minimum absolute atomic E-state index is 0.273. The molecule has 0 radical (unpaired) electrons.